The largest absolute Gasteiger partial charge is 0.495 e. The SMILES string of the molecule is CCN(CCC(=O)O)C(=O)c1ccc(OC)c(N2CCNC2=O)c1. The molecular weight excluding hydrogens is 314 g/mol. The van der Waals surface area contributed by atoms with E-state index in [9.17, 15) is 14.4 Å². The molecule has 130 valence electrons. The van der Waals surface area contributed by atoms with Gasteiger partial charge in [-0.3, -0.25) is 14.5 Å². The molecule has 2 rings (SSSR count). The summed E-state index contributed by atoms with van der Waals surface area (Å²) < 4.78 is 5.28. The monoisotopic (exact) mass is 335 g/mol. The Labute approximate surface area is 140 Å². The third-order valence-corrected chi connectivity index (χ3v) is 3.84. The van der Waals surface area contributed by atoms with Crippen molar-refractivity contribution in [2.75, 3.05) is 38.2 Å². The predicted octanol–water partition coefficient (Wildman–Crippen LogP) is 1.16. The van der Waals surface area contributed by atoms with Crippen molar-refractivity contribution in [2.45, 2.75) is 13.3 Å². The van der Waals surface area contributed by atoms with E-state index >= 15 is 0 Å². The summed E-state index contributed by atoms with van der Waals surface area (Å²) in [5.41, 5.74) is 0.908. The van der Waals surface area contributed by atoms with Gasteiger partial charge >= 0.3 is 12.0 Å². The third-order valence-electron chi connectivity index (χ3n) is 3.84. The minimum atomic E-state index is -0.953. The van der Waals surface area contributed by atoms with Crippen molar-refractivity contribution in [3.05, 3.63) is 23.8 Å². The van der Waals surface area contributed by atoms with Gasteiger partial charge in [0.15, 0.2) is 0 Å². The summed E-state index contributed by atoms with van der Waals surface area (Å²) in [4.78, 5) is 38.2. The number of methoxy groups -OCH3 is 1. The van der Waals surface area contributed by atoms with Crippen molar-refractivity contribution in [1.82, 2.24) is 10.2 Å². The van der Waals surface area contributed by atoms with Gasteiger partial charge in [-0.05, 0) is 25.1 Å². The molecule has 1 aromatic rings. The van der Waals surface area contributed by atoms with E-state index < -0.39 is 5.97 Å². The number of benzene rings is 1. The van der Waals surface area contributed by atoms with Crippen LogP contribution in [0.4, 0.5) is 10.5 Å². The van der Waals surface area contributed by atoms with E-state index in [2.05, 4.69) is 5.32 Å². The lowest BCUT2D eigenvalue weighted by molar-refractivity contribution is -0.137. The molecule has 8 nitrogen and oxygen atoms in total. The van der Waals surface area contributed by atoms with Gasteiger partial charge in [0, 0.05) is 31.7 Å². The van der Waals surface area contributed by atoms with Gasteiger partial charge in [-0.15, -0.1) is 0 Å². The maximum Gasteiger partial charge on any atom is 0.322 e. The van der Waals surface area contributed by atoms with Crippen molar-refractivity contribution < 1.29 is 24.2 Å². The van der Waals surface area contributed by atoms with Gasteiger partial charge in [0.05, 0.1) is 19.2 Å². The molecule has 0 spiro atoms. The van der Waals surface area contributed by atoms with Gasteiger partial charge in [-0.2, -0.15) is 0 Å². The number of rotatable bonds is 7. The fourth-order valence-electron chi connectivity index (χ4n) is 2.55. The number of aliphatic carboxylic acids is 1. The minimum absolute atomic E-state index is 0.114. The van der Waals surface area contributed by atoms with Crippen molar-refractivity contribution in [3.8, 4) is 5.75 Å². The molecule has 24 heavy (non-hydrogen) atoms. The Kier molecular flexibility index (Phi) is 5.62. The number of hydrogen-bond acceptors (Lipinski definition) is 4. The van der Waals surface area contributed by atoms with Gasteiger partial charge in [0.2, 0.25) is 0 Å². The van der Waals surface area contributed by atoms with Gasteiger partial charge in [0.1, 0.15) is 5.75 Å². The number of carboxylic acids is 1. The Hall–Kier alpha value is -2.77. The molecule has 1 aromatic carbocycles. The summed E-state index contributed by atoms with van der Waals surface area (Å²) in [7, 11) is 1.50. The van der Waals surface area contributed by atoms with E-state index in [1.54, 1.807) is 25.1 Å². The zero-order chi connectivity index (χ0) is 17.7. The zero-order valence-corrected chi connectivity index (χ0v) is 13.7. The highest BCUT2D eigenvalue weighted by Crippen LogP contribution is 2.30. The average molecular weight is 335 g/mol. The first-order valence-electron chi connectivity index (χ1n) is 7.72. The number of amides is 3. The first-order valence-corrected chi connectivity index (χ1v) is 7.72. The highest BCUT2D eigenvalue weighted by Gasteiger charge is 2.26. The number of carbonyl (C=O) groups excluding carboxylic acids is 2. The summed E-state index contributed by atoms with van der Waals surface area (Å²) in [6, 6.07) is 4.62. The molecule has 0 radical (unpaired) electrons. The number of carbonyl (C=O) groups is 3. The van der Waals surface area contributed by atoms with Crippen LogP contribution in [0, 0.1) is 0 Å². The fourth-order valence-corrected chi connectivity index (χ4v) is 2.55. The first-order chi connectivity index (χ1) is 11.5. The van der Waals surface area contributed by atoms with E-state index in [1.807, 2.05) is 0 Å². The second-order valence-corrected chi connectivity index (χ2v) is 5.30. The third kappa shape index (κ3) is 3.76. The number of urea groups is 1. The van der Waals surface area contributed by atoms with Crippen molar-refractivity contribution in [2.24, 2.45) is 0 Å². The molecule has 1 aliphatic heterocycles. The molecule has 1 aliphatic rings. The van der Waals surface area contributed by atoms with Crippen LogP contribution in [0.1, 0.15) is 23.7 Å². The second kappa shape index (κ2) is 7.67. The fraction of sp³-hybridized carbons (Fsp3) is 0.438. The van der Waals surface area contributed by atoms with Gasteiger partial charge in [0.25, 0.3) is 5.91 Å². The number of hydrogen-bond donors (Lipinski definition) is 2. The molecule has 0 aliphatic carbocycles. The Morgan fingerprint density at radius 2 is 2.17 bits per heavy atom. The number of carboxylic acid groups (broad SMARTS) is 1. The highest BCUT2D eigenvalue weighted by molar-refractivity contribution is 6.00. The van der Waals surface area contributed by atoms with Gasteiger partial charge in [-0.25, -0.2) is 4.79 Å². The van der Waals surface area contributed by atoms with Crippen LogP contribution in [0.15, 0.2) is 18.2 Å². The molecule has 1 saturated heterocycles. The summed E-state index contributed by atoms with van der Waals surface area (Å²) in [6.07, 6.45) is -0.114. The Balaban J connectivity index is 2.28. The first kappa shape index (κ1) is 17.6. The summed E-state index contributed by atoms with van der Waals surface area (Å²) in [5, 5.41) is 11.5. The van der Waals surface area contributed by atoms with E-state index in [-0.39, 0.29) is 24.9 Å². The number of nitrogens with zero attached hydrogens (tertiary/aromatic N) is 2. The lowest BCUT2D eigenvalue weighted by Gasteiger charge is -2.22. The van der Waals surface area contributed by atoms with E-state index in [0.717, 1.165) is 0 Å². The minimum Gasteiger partial charge on any atom is -0.495 e. The smallest absolute Gasteiger partial charge is 0.322 e. The highest BCUT2D eigenvalue weighted by atomic mass is 16.5. The molecule has 1 heterocycles. The number of anilines is 1. The maximum absolute atomic E-state index is 12.6. The van der Waals surface area contributed by atoms with Crippen molar-refractivity contribution >= 4 is 23.6 Å². The number of ether oxygens (including phenoxy) is 1. The van der Waals surface area contributed by atoms with Crippen LogP contribution in [0.5, 0.6) is 5.75 Å². The quantitative estimate of drug-likeness (QED) is 0.779. The second-order valence-electron chi connectivity index (χ2n) is 5.30. The summed E-state index contributed by atoms with van der Waals surface area (Å²) in [5.74, 6) is -0.732. The number of nitrogens with one attached hydrogen (secondary N) is 1. The summed E-state index contributed by atoms with van der Waals surface area (Å²) >= 11 is 0. The Morgan fingerprint density at radius 3 is 2.71 bits per heavy atom. The molecule has 0 bridgehead atoms. The van der Waals surface area contributed by atoms with Gasteiger partial charge in [-0.1, -0.05) is 0 Å². The lowest BCUT2D eigenvalue weighted by atomic mass is 10.1. The van der Waals surface area contributed by atoms with Crippen LogP contribution < -0.4 is 15.0 Å². The molecule has 0 saturated carbocycles. The normalized spacial score (nSPS) is 13.6. The molecule has 0 aromatic heterocycles. The van der Waals surface area contributed by atoms with Gasteiger partial charge < -0.3 is 20.1 Å². The van der Waals surface area contributed by atoms with Crippen molar-refractivity contribution in [3.63, 3.8) is 0 Å². The topological polar surface area (TPSA) is 99.2 Å². The summed E-state index contributed by atoms with van der Waals surface area (Å²) in [6.45, 7) is 3.34. The average Bonchev–Trinajstić information content (AvgIpc) is 3.00. The van der Waals surface area contributed by atoms with Crippen LogP contribution in [-0.2, 0) is 4.79 Å². The van der Waals surface area contributed by atoms with E-state index in [1.165, 1.54) is 16.9 Å². The van der Waals surface area contributed by atoms with Crippen LogP contribution in [-0.4, -0.2) is 61.2 Å². The standard InChI is InChI=1S/C16H21N3O5/c1-3-18(8-6-14(20)21)15(22)11-4-5-13(24-2)12(10-11)19-9-7-17-16(19)23/h4-5,10H,3,6-9H2,1-2H3,(H,17,23)(H,20,21). The molecule has 0 unspecified atom stereocenters. The molecule has 3 amide bonds. The van der Waals surface area contributed by atoms with E-state index in [0.29, 0.717) is 36.6 Å². The Bertz CT molecular complexity index is 647. The van der Waals surface area contributed by atoms with Crippen LogP contribution in [0.2, 0.25) is 0 Å². The molecule has 1 fully saturated rings. The molecular formula is C16H21N3O5. The van der Waals surface area contributed by atoms with E-state index in [4.69, 9.17) is 9.84 Å². The van der Waals surface area contributed by atoms with Crippen molar-refractivity contribution in [1.29, 1.82) is 0 Å². The molecule has 8 heteroatoms. The predicted molar refractivity (Wildman–Crippen MR) is 87.6 cm³/mol. The Morgan fingerprint density at radius 1 is 1.42 bits per heavy atom. The maximum atomic E-state index is 12.6. The molecule has 0 atom stereocenters. The van der Waals surface area contributed by atoms with Crippen LogP contribution >= 0.6 is 0 Å². The zero-order valence-electron chi connectivity index (χ0n) is 13.7. The van der Waals surface area contributed by atoms with Crippen LogP contribution in [0.25, 0.3) is 0 Å². The van der Waals surface area contributed by atoms with Crippen LogP contribution in [0.3, 0.4) is 0 Å². The molecule has 2 N–H and O–H groups in total. The lowest BCUT2D eigenvalue weighted by Crippen LogP contribution is -2.33.